The van der Waals surface area contributed by atoms with Crippen LogP contribution in [0.5, 0.6) is 0 Å². The first-order valence-corrected chi connectivity index (χ1v) is 17.1. The molecular weight excluding hydrogens is 556 g/mol. The van der Waals surface area contributed by atoms with E-state index in [0.717, 1.165) is 56.9 Å². The van der Waals surface area contributed by atoms with E-state index in [1.54, 1.807) is 0 Å². The molecule has 5 rings (SSSR count). The third-order valence-electron chi connectivity index (χ3n) is 14.2. The van der Waals surface area contributed by atoms with Gasteiger partial charge in [-0.2, -0.15) is 0 Å². The van der Waals surface area contributed by atoms with E-state index in [0.29, 0.717) is 11.8 Å². The summed E-state index contributed by atoms with van der Waals surface area (Å²) in [7, 11) is 0. The molecule has 0 heterocycles. The molecule has 8 unspecified atom stereocenters. The molecule has 44 heavy (non-hydrogen) atoms. The van der Waals surface area contributed by atoms with Crippen LogP contribution in [0.25, 0.3) is 0 Å². The standard InChI is InChI=1S/C37H56O7/c1-21(2)30-31-25-11-12-28-34(8)15-14-29(44-24(5)40)33(6,7)27(34)13-16-36(28,10)35(25,9)17-18-37(31,20-43-23(4)39)26(32(30)41)19-42-22(3)38/h21,25-29H,11-20H2,1-10H3/t25?,26?,27?,28?,29?,34?,35?,36?,37-/m1/s1. The highest BCUT2D eigenvalue weighted by Gasteiger charge is 2.71. The van der Waals surface area contributed by atoms with Crippen molar-refractivity contribution in [2.45, 2.75) is 127 Å². The zero-order valence-corrected chi connectivity index (χ0v) is 28.9. The molecule has 0 amide bonds. The summed E-state index contributed by atoms with van der Waals surface area (Å²) in [6.07, 6.45) is 7.85. The molecule has 7 heteroatoms. The number of ketones is 1. The van der Waals surface area contributed by atoms with E-state index in [1.807, 2.05) is 0 Å². The predicted molar refractivity (Wildman–Crippen MR) is 167 cm³/mol. The van der Waals surface area contributed by atoms with Crippen LogP contribution in [0.4, 0.5) is 0 Å². The molecular formula is C37H56O7. The second-order valence-corrected chi connectivity index (χ2v) is 16.7. The molecule has 0 saturated heterocycles. The second-order valence-electron chi connectivity index (χ2n) is 16.7. The van der Waals surface area contributed by atoms with Gasteiger partial charge in [-0.05, 0) is 102 Å². The highest BCUT2D eigenvalue weighted by molar-refractivity contribution is 6.03. The highest BCUT2D eigenvalue weighted by atomic mass is 16.5. The highest BCUT2D eigenvalue weighted by Crippen LogP contribution is 2.77. The summed E-state index contributed by atoms with van der Waals surface area (Å²) >= 11 is 0. The molecule has 0 N–H and O–H groups in total. The maximum atomic E-state index is 14.3. The topological polar surface area (TPSA) is 96.0 Å². The van der Waals surface area contributed by atoms with E-state index in [2.05, 4.69) is 48.5 Å². The maximum Gasteiger partial charge on any atom is 0.302 e. The van der Waals surface area contributed by atoms with Crippen LogP contribution in [-0.2, 0) is 33.4 Å². The van der Waals surface area contributed by atoms with Gasteiger partial charge in [0.25, 0.3) is 0 Å². The Bertz CT molecular complexity index is 1260. The van der Waals surface area contributed by atoms with Gasteiger partial charge in [-0.15, -0.1) is 0 Å². The van der Waals surface area contributed by atoms with Crippen molar-refractivity contribution in [2.24, 2.45) is 56.7 Å². The van der Waals surface area contributed by atoms with Gasteiger partial charge in [0.1, 0.15) is 19.3 Å². The largest absolute Gasteiger partial charge is 0.465 e. The summed E-state index contributed by atoms with van der Waals surface area (Å²) < 4.78 is 17.2. The van der Waals surface area contributed by atoms with Crippen LogP contribution < -0.4 is 0 Å². The average molecular weight is 613 g/mol. The van der Waals surface area contributed by atoms with Crippen LogP contribution >= 0.6 is 0 Å². The minimum Gasteiger partial charge on any atom is -0.465 e. The smallest absolute Gasteiger partial charge is 0.302 e. The van der Waals surface area contributed by atoms with Crippen molar-refractivity contribution in [2.75, 3.05) is 13.2 Å². The minimum absolute atomic E-state index is 0.0232. The number of carbonyl (C=O) groups excluding carboxylic acids is 4. The van der Waals surface area contributed by atoms with Crippen molar-refractivity contribution in [1.82, 2.24) is 0 Å². The molecule has 5 aliphatic rings. The van der Waals surface area contributed by atoms with Crippen molar-refractivity contribution in [3.05, 3.63) is 11.1 Å². The Kier molecular flexibility index (Phi) is 8.27. The quantitative estimate of drug-likeness (QED) is 0.230. The van der Waals surface area contributed by atoms with Crippen LogP contribution in [0.15, 0.2) is 11.1 Å². The van der Waals surface area contributed by atoms with E-state index >= 15 is 0 Å². The van der Waals surface area contributed by atoms with Crippen molar-refractivity contribution < 1.29 is 33.4 Å². The Balaban J connectivity index is 1.57. The Morgan fingerprint density at radius 3 is 2.02 bits per heavy atom. The van der Waals surface area contributed by atoms with Gasteiger partial charge in [0, 0.05) is 31.6 Å². The molecule has 0 aromatic rings. The fraction of sp³-hybridized carbons (Fsp3) is 0.838. The molecule has 4 fully saturated rings. The van der Waals surface area contributed by atoms with Gasteiger partial charge >= 0.3 is 17.9 Å². The van der Waals surface area contributed by atoms with Gasteiger partial charge < -0.3 is 14.2 Å². The maximum absolute atomic E-state index is 14.3. The van der Waals surface area contributed by atoms with Gasteiger partial charge in [-0.3, -0.25) is 19.2 Å². The normalized spacial score (nSPS) is 42.5. The van der Waals surface area contributed by atoms with Crippen molar-refractivity contribution in [3.63, 3.8) is 0 Å². The number of hydrogen-bond donors (Lipinski definition) is 0. The molecule has 9 atom stereocenters. The van der Waals surface area contributed by atoms with E-state index in [9.17, 15) is 19.2 Å². The monoisotopic (exact) mass is 612 g/mol. The molecule has 7 nitrogen and oxygen atoms in total. The first-order valence-electron chi connectivity index (χ1n) is 17.1. The van der Waals surface area contributed by atoms with Crippen LogP contribution in [-0.4, -0.2) is 43.0 Å². The van der Waals surface area contributed by atoms with Crippen LogP contribution in [0.2, 0.25) is 0 Å². The molecule has 5 aliphatic carbocycles. The summed E-state index contributed by atoms with van der Waals surface area (Å²) in [6.45, 7) is 20.9. The number of ether oxygens (including phenoxy) is 3. The van der Waals surface area contributed by atoms with Crippen LogP contribution in [0.1, 0.15) is 121 Å². The number of hydrogen-bond acceptors (Lipinski definition) is 7. The number of fused-ring (bicyclic) bond motifs is 7. The van der Waals surface area contributed by atoms with E-state index in [4.69, 9.17) is 14.2 Å². The number of rotatable bonds is 6. The minimum atomic E-state index is -0.642. The third kappa shape index (κ3) is 4.63. The van der Waals surface area contributed by atoms with Crippen LogP contribution in [0.3, 0.4) is 0 Å². The average Bonchev–Trinajstić information content (AvgIpc) is 3.16. The van der Waals surface area contributed by atoms with E-state index in [1.165, 1.54) is 26.3 Å². The molecule has 0 bridgehead atoms. The first kappa shape index (κ1) is 33.2. The van der Waals surface area contributed by atoms with Crippen molar-refractivity contribution in [1.29, 1.82) is 0 Å². The molecule has 0 radical (unpaired) electrons. The lowest BCUT2D eigenvalue weighted by Gasteiger charge is -2.72. The number of Topliss-reactive ketones (excluding diaryl/α,β-unsaturated/α-hetero) is 1. The number of esters is 3. The lowest BCUT2D eigenvalue weighted by atomic mass is 9.33. The molecule has 0 aromatic carbocycles. The number of carbonyl (C=O) groups is 4. The Morgan fingerprint density at radius 2 is 1.43 bits per heavy atom. The van der Waals surface area contributed by atoms with Crippen molar-refractivity contribution >= 4 is 23.7 Å². The molecule has 0 aliphatic heterocycles. The van der Waals surface area contributed by atoms with Gasteiger partial charge in [0.15, 0.2) is 5.78 Å². The Labute approximate surface area is 264 Å². The van der Waals surface area contributed by atoms with E-state index < -0.39 is 17.3 Å². The Morgan fingerprint density at radius 1 is 0.773 bits per heavy atom. The van der Waals surface area contributed by atoms with Crippen LogP contribution in [0, 0.1) is 56.7 Å². The molecule has 4 saturated carbocycles. The zero-order chi connectivity index (χ0) is 32.6. The lowest BCUT2D eigenvalue weighted by Crippen LogP contribution is -2.66. The van der Waals surface area contributed by atoms with E-state index in [-0.39, 0.29) is 70.5 Å². The summed E-state index contributed by atoms with van der Waals surface area (Å²) in [6, 6.07) is 0. The first-order chi connectivity index (χ1) is 20.4. The van der Waals surface area contributed by atoms with Crippen molar-refractivity contribution in [3.8, 4) is 0 Å². The number of allylic oxidation sites excluding steroid dienone is 1. The fourth-order valence-electron chi connectivity index (χ4n) is 12.1. The summed E-state index contributed by atoms with van der Waals surface area (Å²) in [5, 5.41) is 0. The summed E-state index contributed by atoms with van der Waals surface area (Å²) in [5.41, 5.74) is 1.50. The SMILES string of the molecule is CC(=O)OCC1C(=O)C(C(C)C)=C2C3CCC4C5(C)CCC(OC(C)=O)C(C)(C)C5CCC4(C)C3(C)CC[C@]21COC(C)=O. The fourth-order valence-corrected chi connectivity index (χ4v) is 12.1. The van der Waals surface area contributed by atoms with Gasteiger partial charge in [0.2, 0.25) is 0 Å². The van der Waals surface area contributed by atoms with Gasteiger partial charge in [-0.1, -0.05) is 48.5 Å². The molecule has 0 spiro atoms. The van der Waals surface area contributed by atoms with Gasteiger partial charge in [-0.25, -0.2) is 0 Å². The Hall–Kier alpha value is -2.18. The lowest BCUT2D eigenvalue weighted by molar-refractivity contribution is -0.234. The molecule has 246 valence electrons. The molecule has 0 aromatic heterocycles. The predicted octanol–water partition coefficient (Wildman–Crippen LogP) is 7.25. The summed E-state index contributed by atoms with van der Waals surface area (Å²) in [4.78, 5) is 50.5. The second kappa shape index (κ2) is 11.0. The summed E-state index contributed by atoms with van der Waals surface area (Å²) in [5.74, 6) is -0.192. The zero-order valence-electron chi connectivity index (χ0n) is 28.9. The van der Waals surface area contributed by atoms with Gasteiger partial charge in [0.05, 0.1) is 5.92 Å². The third-order valence-corrected chi connectivity index (χ3v) is 14.2.